The van der Waals surface area contributed by atoms with E-state index in [1.54, 1.807) is 17.5 Å². The Bertz CT molecular complexity index is 416. The molecule has 0 aromatic carbocycles. The average Bonchev–Trinajstić information content (AvgIpc) is 2.82. The molecule has 1 heterocycles. The second-order valence-electron chi connectivity index (χ2n) is 3.09. The van der Waals surface area contributed by atoms with Crippen molar-refractivity contribution in [2.75, 3.05) is 7.05 Å². The molecule has 7 heteroatoms. The monoisotopic (exact) mass is 256 g/mol. The van der Waals surface area contributed by atoms with E-state index in [1.165, 1.54) is 25.3 Å². The summed E-state index contributed by atoms with van der Waals surface area (Å²) in [6.45, 7) is 1.39. The standard InChI is InChI=1S/C10H12N2O4S/c1-6(8(13)12-10(15)11-2)16-9(14)7-4-3-5-17-7/h3-6H,1-2H3,(H2,11,12,13,15)/t6-/m0/s1. The van der Waals surface area contributed by atoms with Gasteiger partial charge < -0.3 is 10.1 Å². The number of thiophene rings is 1. The van der Waals surface area contributed by atoms with Crippen molar-refractivity contribution < 1.29 is 19.1 Å². The number of imide groups is 1. The molecule has 0 aliphatic rings. The topological polar surface area (TPSA) is 84.5 Å². The number of esters is 1. The molecule has 1 aromatic rings. The van der Waals surface area contributed by atoms with Crippen LogP contribution >= 0.6 is 11.3 Å². The lowest BCUT2D eigenvalue weighted by Crippen LogP contribution is -2.43. The number of hydrogen-bond acceptors (Lipinski definition) is 5. The van der Waals surface area contributed by atoms with Crippen LogP contribution in [0.15, 0.2) is 17.5 Å². The van der Waals surface area contributed by atoms with Crippen LogP contribution in [0, 0.1) is 0 Å². The highest BCUT2D eigenvalue weighted by Crippen LogP contribution is 2.11. The molecule has 6 nitrogen and oxygen atoms in total. The van der Waals surface area contributed by atoms with E-state index in [9.17, 15) is 14.4 Å². The number of rotatable bonds is 3. The minimum atomic E-state index is -1.03. The van der Waals surface area contributed by atoms with Crippen molar-refractivity contribution in [3.8, 4) is 0 Å². The lowest BCUT2D eigenvalue weighted by Gasteiger charge is -2.11. The fourth-order valence-electron chi connectivity index (χ4n) is 0.943. The first-order valence-corrected chi connectivity index (χ1v) is 5.69. The van der Waals surface area contributed by atoms with Gasteiger partial charge in [0, 0.05) is 7.05 Å². The van der Waals surface area contributed by atoms with E-state index < -0.39 is 24.0 Å². The van der Waals surface area contributed by atoms with Crippen molar-refractivity contribution in [3.05, 3.63) is 22.4 Å². The predicted molar refractivity (Wildman–Crippen MR) is 61.8 cm³/mol. The van der Waals surface area contributed by atoms with Gasteiger partial charge in [-0.25, -0.2) is 9.59 Å². The van der Waals surface area contributed by atoms with Crippen LogP contribution in [0.4, 0.5) is 4.79 Å². The summed E-state index contributed by atoms with van der Waals surface area (Å²) in [7, 11) is 1.38. The van der Waals surface area contributed by atoms with Crippen LogP contribution in [0.1, 0.15) is 16.6 Å². The number of carbonyl (C=O) groups excluding carboxylic acids is 3. The molecule has 2 N–H and O–H groups in total. The highest BCUT2D eigenvalue weighted by Gasteiger charge is 2.20. The number of nitrogens with one attached hydrogen (secondary N) is 2. The molecule has 17 heavy (non-hydrogen) atoms. The molecule has 0 bridgehead atoms. The van der Waals surface area contributed by atoms with E-state index in [2.05, 4.69) is 5.32 Å². The van der Waals surface area contributed by atoms with E-state index in [-0.39, 0.29) is 0 Å². The van der Waals surface area contributed by atoms with Gasteiger partial charge in [-0.15, -0.1) is 11.3 Å². The molecular formula is C10H12N2O4S. The Morgan fingerprint density at radius 3 is 2.65 bits per heavy atom. The summed E-state index contributed by atoms with van der Waals surface area (Å²) in [5, 5.41) is 5.97. The van der Waals surface area contributed by atoms with Gasteiger partial charge in [0.1, 0.15) is 4.88 Å². The van der Waals surface area contributed by atoms with E-state index in [4.69, 9.17) is 4.74 Å². The highest BCUT2D eigenvalue weighted by molar-refractivity contribution is 7.11. The fraction of sp³-hybridized carbons (Fsp3) is 0.300. The maximum atomic E-state index is 11.5. The van der Waals surface area contributed by atoms with Gasteiger partial charge in [-0.1, -0.05) is 6.07 Å². The molecule has 0 aliphatic carbocycles. The smallest absolute Gasteiger partial charge is 0.349 e. The zero-order valence-corrected chi connectivity index (χ0v) is 10.2. The Morgan fingerprint density at radius 1 is 1.41 bits per heavy atom. The first-order chi connectivity index (χ1) is 8.04. The molecule has 0 spiro atoms. The van der Waals surface area contributed by atoms with Crippen LogP contribution in [0.5, 0.6) is 0 Å². The molecule has 0 saturated heterocycles. The molecule has 1 aromatic heterocycles. The highest BCUT2D eigenvalue weighted by atomic mass is 32.1. The second kappa shape index (κ2) is 6.00. The minimum Gasteiger partial charge on any atom is -0.448 e. The van der Waals surface area contributed by atoms with Gasteiger partial charge >= 0.3 is 12.0 Å². The molecule has 1 atom stereocenters. The van der Waals surface area contributed by atoms with Gasteiger partial charge in [-0.2, -0.15) is 0 Å². The average molecular weight is 256 g/mol. The number of hydrogen-bond donors (Lipinski definition) is 2. The third-order valence-corrected chi connectivity index (χ3v) is 2.69. The first-order valence-electron chi connectivity index (χ1n) is 4.81. The Kier molecular flexibility index (Phi) is 4.65. The van der Waals surface area contributed by atoms with Crippen molar-refractivity contribution in [2.45, 2.75) is 13.0 Å². The van der Waals surface area contributed by atoms with Gasteiger partial charge in [0.2, 0.25) is 0 Å². The van der Waals surface area contributed by atoms with Gasteiger partial charge in [0.15, 0.2) is 6.10 Å². The molecule has 1 rings (SSSR count). The van der Waals surface area contributed by atoms with Crippen LogP contribution in [0.25, 0.3) is 0 Å². The van der Waals surface area contributed by atoms with Crippen LogP contribution in [0.2, 0.25) is 0 Å². The summed E-state index contributed by atoms with van der Waals surface area (Å²) < 4.78 is 4.88. The van der Waals surface area contributed by atoms with Crippen molar-refractivity contribution in [1.82, 2.24) is 10.6 Å². The molecule has 92 valence electrons. The van der Waals surface area contributed by atoms with Gasteiger partial charge in [-0.05, 0) is 18.4 Å². The number of carbonyl (C=O) groups is 3. The van der Waals surface area contributed by atoms with Crippen molar-refractivity contribution in [3.63, 3.8) is 0 Å². The number of urea groups is 1. The Balaban J connectivity index is 2.49. The normalized spacial score (nSPS) is 11.4. The summed E-state index contributed by atoms with van der Waals surface area (Å²) in [4.78, 5) is 34.1. The van der Waals surface area contributed by atoms with Gasteiger partial charge in [0.25, 0.3) is 5.91 Å². The third kappa shape index (κ3) is 3.87. The largest absolute Gasteiger partial charge is 0.448 e. The lowest BCUT2D eigenvalue weighted by molar-refractivity contribution is -0.127. The lowest BCUT2D eigenvalue weighted by atomic mass is 10.3. The van der Waals surface area contributed by atoms with E-state index >= 15 is 0 Å². The third-order valence-electron chi connectivity index (χ3n) is 1.84. The molecule has 0 unspecified atom stereocenters. The van der Waals surface area contributed by atoms with Gasteiger partial charge in [-0.3, -0.25) is 10.1 Å². The van der Waals surface area contributed by atoms with Crippen molar-refractivity contribution in [2.24, 2.45) is 0 Å². The maximum absolute atomic E-state index is 11.5. The Morgan fingerprint density at radius 2 is 2.12 bits per heavy atom. The molecule has 0 aliphatic heterocycles. The Hall–Kier alpha value is -1.89. The summed E-state index contributed by atoms with van der Waals surface area (Å²) >= 11 is 1.22. The maximum Gasteiger partial charge on any atom is 0.349 e. The summed E-state index contributed by atoms with van der Waals surface area (Å²) in [6.07, 6.45) is -1.03. The summed E-state index contributed by atoms with van der Waals surface area (Å²) in [5.74, 6) is -1.26. The quantitative estimate of drug-likeness (QED) is 0.781. The van der Waals surface area contributed by atoms with Crippen molar-refractivity contribution >= 4 is 29.2 Å². The Labute approximate surface area is 102 Å². The fourth-order valence-corrected chi connectivity index (χ4v) is 1.55. The van der Waals surface area contributed by atoms with Crippen LogP contribution in [-0.2, 0) is 9.53 Å². The molecule has 0 saturated carbocycles. The zero-order chi connectivity index (χ0) is 12.8. The SMILES string of the molecule is CNC(=O)NC(=O)[C@H](C)OC(=O)c1cccs1. The van der Waals surface area contributed by atoms with E-state index in [0.717, 1.165) is 0 Å². The first kappa shape index (κ1) is 13.2. The molecular weight excluding hydrogens is 244 g/mol. The number of amides is 3. The van der Waals surface area contributed by atoms with E-state index in [0.29, 0.717) is 4.88 Å². The molecule has 3 amide bonds. The summed E-state index contributed by atoms with van der Waals surface area (Å²) in [6, 6.07) is 2.65. The molecule has 0 radical (unpaired) electrons. The van der Waals surface area contributed by atoms with Crippen molar-refractivity contribution in [1.29, 1.82) is 0 Å². The van der Waals surface area contributed by atoms with Crippen LogP contribution < -0.4 is 10.6 Å². The molecule has 0 fully saturated rings. The minimum absolute atomic E-state index is 0.407. The van der Waals surface area contributed by atoms with Crippen LogP contribution in [-0.4, -0.2) is 31.1 Å². The zero-order valence-electron chi connectivity index (χ0n) is 9.35. The second-order valence-corrected chi connectivity index (χ2v) is 4.04. The van der Waals surface area contributed by atoms with Crippen LogP contribution in [0.3, 0.4) is 0 Å². The number of ether oxygens (including phenoxy) is 1. The predicted octanol–water partition coefficient (Wildman–Crippen LogP) is 0.749. The van der Waals surface area contributed by atoms with E-state index in [1.807, 2.05) is 5.32 Å². The summed E-state index contributed by atoms with van der Waals surface area (Å²) in [5.41, 5.74) is 0. The van der Waals surface area contributed by atoms with Gasteiger partial charge in [0.05, 0.1) is 0 Å².